The number of hydrogen-bond acceptors (Lipinski definition) is 4. The van der Waals surface area contributed by atoms with E-state index in [1.807, 2.05) is 66.9 Å². The Kier molecular flexibility index (Phi) is 12.8. The molecule has 2 aromatic heterocycles. The van der Waals surface area contributed by atoms with E-state index in [2.05, 4.69) is 88.1 Å². The van der Waals surface area contributed by atoms with Crippen LogP contribution in [-0.2, 0) is 22.6 Å². The zero-order valence-electron chi connectivity index (χ0n) is 28.8. The van der Waals surface area contributed by atoms with Crippen molar-refractivity contribution in [2.24, 2.45) is 5.92 Å². The molecule has 0 aliphatic carbocycles. The van der Waals surface area contributed by atoms with E-state index in [1.165, 1.54) is 22.9 Å². The van der Waals surface area contributed by atoms with Crippen LogP contribution in [-0.4, -0.2) is 45.9 Å². The molecule has 3 heterocycles. The fourth-order valence-corrected chi connectivity index (χ4v) is 6.00. The molecular weight excluding hydrogens is 608 g/mol. The quantitative estimate of drug-likeness (QED) is 0.117. The van der Waals surface area contributed by atoms with Gasteiger partial charge in [0, 0.05) is 29.4 Å². The Labute approximate surface area is 289 Å². The number of rotatable bonds is 8. The smallest absolute Gasteiger partial charge is 0.243 e. The second kappa shape index (κ2) is 17.8. The zero-order chi connectivity index (χ0) is 34.4. The topological polar surface area (TPSA) is 115 Å². The number of hydrogen-bond donors (Lipinski definition) is 5. The minimum Gasteiger partial charge on any atom is -0.361 e. The third-order valence-electron chi connectivity index (χ3n) is 8.59. The largest absolute Gasteiger partial charge is 0.361 e. The van der Waals surface area contributed by atoms with Crippen LogP contribution in [0.15, 0.2) is 109 Å². The Hall–Kier alpha value is -5.21. The molecule has 1 fully saturated rings. The Morgan fingerprint density at radius 1 is 0.857 bits per heavy atom. The summed E-state index contributed by atoms with van der Waals surface area (Å²) in [6, 6.07) is 31.8. The number of aromatic nitrogens is 3. The highest BCUT2D eigenvalue weighted by molar-refractivity contribution is 5.91. The molecule has 5 N–H and O–H groups in total. The molecule has 0 saturated carbocycles. The van der Waals surface area contributed by atoms with Crippen LogP contribution in [0.4, 0.5) is 0 Å². The predicted octanol–water partition coefficient (Wildman–Crippen LogP) is 7.47. The number of carbonyl (C=O) groups is 2. The summed E-state index contributed by atoms with van der Waals surface area (Å²) < 4.78 is 0. The Morgan fingerprint density at radius 2 is 1.53 bits per heavy atom. The highest BCUT2D eigenvalue weighted by atomic mass is 16.2. The van der Waals surface area contributed by atoms with Gasteiger partial charge in [-0.3, -0.25) is 9.59 Å². The van der Waals surface area contributed by atoms with E-state index in [-0.39, 0.29) is 24.3 Å². The second-order valence-corrected chi connectivity index (χ2v) is 12.5. The summed E-state index contributed by atoms with van der Waals surface area (Å²) in [5.41, 5.74) is 5.50. The minimum atomic E-state index is -0.679. The van der Waals surface area contributed by atoms with Crippen molar-refractivity contribution >= 4 is 33.5 Å². The van der Waals surface area contributed by atoms with E-state index in [4.69, 9.17) is 0 Å². The molecule has 8 nitrogen and oxygen atoms in total. The predicted molar refractivity (Wildman–Crippen MR) is 200 cm³/mol. The van der Waals surface area contributed by atoms with Crippen LogP contribution in [0, 0.1) is 12.8 Å². The summed E-state index contributed by atoms with van der Waals surface area (Å²) in [7, 11) is 0. The number of amides is 2. The molecule has 0 bridgehead atoms. The summed E-state index contributed by atoms with van der Waals surface area (Å²) in [6.45, 7) is 8.25. The molecule has 8 heteroatoms. The molecule has 1 atom stereocenters. The van der Waals surface area contributed by atoms with Gasteiger partial charge in [0.15, 0.2) is 0 Å². The monoisotopic (exact) mass is 656 g/mol. The third kappa shape index (κ3) is 9.67. The van der Waals surface area contributed by atoms with E-state index in [9.17, 15) is 9.59 Å². The van der Waals surface area contributed by atoms with Gasteiger partial charge in [-0.1, -0.05) is 111 Å². The van der Waals surface area contributed by atoms with Gasteiger partial charge in [-0.15, -0.1) is 0 Å². The summed E-state index contributed by atoms with van der Waals surface area (Å²) in [4.78, 5) is 37.3. The number of aryl methyl sites for hydroxylation is 1. The molecule has 1 saturated heterocycles. The van der Waals surface area contributed by atoms with Gasteiger partial charge in [0.1, 0.15) is 11.9 Å². The van der Waals surface area contributed by atoms with Crippen molar-refractivity contribution in [2.75, 3.05) is 13.1 Å². The van der Waals surface area contributed by atoms with Crippen molar-refractivity contribution in [3.63, 3.8) is 0 Å². The molecular formula is C41H48N6O2. The first-order valence-electron chi connectivity index (χ1n) is 17.3. The highest BCUT2D eigenvalue weighted by Crippen LogP contribution is 2.21. The molecule has 0 spiro atoms. The first-order chi connectivity index (χ1) is 24.0. The van der Waals surface area contributed by atoms with Crippen LogP contribution in [0.3, 0.4) is 0 Å². The third-order valence-corrected chi connectivity index (χ3v) is 8.59. The zero-order valence-corrected chi connectivity index (χ0v) is 28.8. The number of aromatic amines is 2. The fraction of sp³-hybridized carbons (Fsp3) is 0.293. The molecule has 49 heavy (non-hydrogen) atoms. The molecule has 1 aliphatic heterocycles. The van der Waals surface area contributed by atoms with Gasteiger partial charge in [-0.25, -0.2) is 4.98 Å². The molecule has 1 aliphatic rings. The van der Waals surface area contributed by atoms with E-state index in [0.29, 0.717) is 12.2 Å². The highest BCUT2D eigenvalue weighted by Gasteiger charge is 2.27. The minimum absolute atomic E-state index is 0.0544. The maximum Gasteiger partial charge on any atom is 0.243 e. The van der Waals surface area contributed by atoms with Crippen molar-refractivity contribution in [3.8, 4) is 11.3 Å². The number of nitrogens with one attached hydrogen (secondary N) is 5. The average Bonchev–Trinajstić information content (AvgIpc) is 3.79. The number of nitrogens with zero attached hydrogens (tertiary/aromatic N) is 1. The number of benzene rings is 4. The van der Waals surface area contributed by atoms with Crippen LogP contribution in [0.1, 0.15) is 50.1 Å². The summed E-state index contributed by atoms with van der Waals surface area (Å²) in [5.74, 6) is 0.312. The average molecular weight is 657 g/mol. The number of para-hydroxylation sites is 1. The fourth-order valence-electron chi connectivity index (χ4n) is 6.00. The number of imidazole rings is 1. The number of H-pyrrole nitrogens is 2. The van der Waals surface area contributed by atoms with Gasteiger partial charge in [0.05, 0.1) is 18.4 Å². The molecule has 2 amide bonds. The van der Waals surface area contributed by atoms with Crippen LogP contribution in [0.25, 0.3) is 32.9 Å². The Bertz CT molecular complexity index is 1920. The lowest BCUT2D eigenvalue weighted by Gasteiger charge is -2.25. The van der Waals surface area contributed by atoms with Crippen LogP contribution < -0.4 is 16.0 Å². The van der Waals surface area contributed by atoms with Gasteiger partial charge in [0.2, 0.25) is 11.8 Å². The van der Waals surface area contributed by atoms with Crippen LogP contribution >= 0.6 is 0 Å². The van der Waals surface area contributed by atoms with Gasteiger partial charge < -0.3 is 25.9 Å². The summed E-state index contributed by atoms with van der Waals surface area (Å²) in [5, 5.41) is 12.9. The van der Waals surface area contributed by atoms with Crippen molar-refractivity contribution in [2.45, 2.75) is 59.0 Å². The lowest BCUT2D eigenvalue weighted by molar-refractivity contribution is -0.131. The summed E-state index contributed by atoms with van der Waals surface area (Å²) in [6.07, 6.45) is 7.03. The Morgan fingerprint density at radius 3 is 2.29 bits per heavy atom. The molecule has 0 radical (unpaired) electrons. The van der Waals surface area contributed by atoms with Crippen molar-refractivity contribution in [1.29, 1.82) is 0 Å². The molecule has 1 unspecified atom stereocenters. The SMILES string of the molecule is CCC.Cc1c[nH]c2ccccc12.O=C(NC(Cc1cccc2ccccc12)C(=O)NCc1ncc(-c2ccccc2)[nH]1)C1CCNCC1. The maximum absolute atomic E-state index is 13.4. The van der Waals surface area contributed by atoms with Gasteiger partial charge in [-0.05, 0) is 66.4 Å². The van der Waals surface area contributed by atoms with Crippen molar-refractivity contribution in [1.82, 2.24) is 30.9 Å². The normalized spacial score (nSPS) is 13.4. The van der Waals surface area contributed by atoms with E-state index < -0.39 is 6.04 Å². The van der Waals surface area contributed by atoms with Gasteiger partial charge >= 0.3 is 0 Å². The molecule has 6 aromatic rings. The van der Waals surface area contributed by atoms with Crippen molar-refractivity contribution < 1.29 is 9.59 Å². The van der Waals surface area contributed by atoms with Crippen molar-refractivity contribution in [3.05, 3.63) is 126 Å². The number of piperidine rings is 1. The lowest BCUT2D eigenvalue weighted by Crippen LogP contribution is -2.50. The first kappa shape index (κ1) is 35.1. The van der Waals surface area contributed by atoms with E-state index >= 15 is 0 Å². The maximum atomic E-state index is 13.4. The van der Waals surface area contributed by atoms with Gasteiger partial charge in [-0.2, -0.15) is 0 Å². The standard InChI is InChI=1S/C29H31N5O2.C9H9N.C3H8/c35-28(22-13-15-30-16-14-22)34-25(17-23-11-6-10-20-7-4-5-12-24(20)23)29(36)32-19-27-31-18-26(33-27)21-8-2-1-3-9-21;1-7-6-10-9-5-3-2-4-8(7)9;1-3-2/h1-12,18,22,25,30H,13-17,19H2,(H,31,33)(H,32,36)(H,34,35);2-6,10H,1H3;3H2,1-2H3. The lowest BCUT2D eigenvalue weighted by atomic mass is 9.95. The number of fused-ring (bicyclic) bond motifs is 2. The molecule has 4 aromatic carbocycles. The summed E-state index contributed by atoms with van der Waals surface area (Å²) >= 11 is 0. The molecule has 7 rings (SSSR count). The van der Waals surface area contributed by atoms with Crippen LogP contribution in [0.5, 0.6) is 0 Å². The Balaban J connectivity index is 0.000000301. The molecule has 254 valence electrons. The van der Waals surface area contributed by atoms with E-state index in [0.717, 1.165) is 53.5 Å². The second-order valence-electron chi connectivity index (χ2n) is 12.5. The van der Waals surface area contributed by atoms with Gasteiger partial charge in [0.25, 0.3) is 0 Å². The van der Waals surface area contributed by atoms with Crippen LogP contribution in [0.2, 0.25) is 0 Å². The first-order valence-corrected chi connectivity index (χ1v) is 17.3. The van der Waals surface area contributed by atoms with E-state index in [1.54, 1.807) is 6.20 Å². The number of carbonyl (C=O) groups excluding carboxylic acids is 2.